The average Bonchev–Trinajstić information content (AvgIpc) is 2.90. The van der Waals surface area contributed by atoms with Gasteiger partial charge in [0.1, 0.15) is 0 Å². The second-order valence-electron chi connectivity index (χ2n) is 5.19. The zero-order valence-electron chi connectivity index (χ0n) is 11.7. The first-order valence-electron chi connectivity index (χ1n) is 6.77. The van der Waals surface area contributed by atoms with E-state index < -0.39 is 0 Å². The first-order chi connectivity index (χ1) is 9.15. The van der Waals surface area contributed by atoms with Crippen molar-refractivity contribution in [1.29, 1.82) is 0 Å². The van der Waals surface area contributed by atoms with Gasteiger partial charge in [-0.25, -0.2) is 0 Å². The predicted molar refractivity (Wildman–Crippen MR) is 82.5 cm³/mol. The van der Waals surface area contributed by atoms with Gasteiger partial charge in [-0.2, -0.15) is 11.8 Å². The molecule has 2 rings (SSSR count). The minimum absolute atomic E-state index is 0.0985. The number of thioether (sulfide) groups is 1. The van der Waals surface area contributed by atoms with E-state index in [1.807, 2.05) is 18.8 Å². The van der Waals surface area contributed by atoms with Crippen molar-refractivity contribution in [3.8, 4) is 0 Å². The van der Waals surface area contributed by atoms with Crippen LogP contribution in [0.4, 0.5) is 5.69 Å². The highest BCUT2D eigenvalue weighted by Gasteiger charge is 2.14. The molecular weight excluding hydrogens is 256 g/mol. The molecule has 1 fully saturated rings. The smallest absolute Gasteiger partial charge is 0.219 e. The molecule has 19 heavy (non-hydrogen) atoms. The van der Waals surface area contributed by atoms with Crippen molar-refractivity contribution in [2.24, 2.45) is 5.92 Å². The minimum Gasteiger partial charge on any atom is -0.385 e. The number of hydrogen-bond acceptors (Lipinski definition) is 3. The van der Waals surface area contributed by atoms with Crippen LogP contribution >= 0.6 is 11.8 Å². The van der Waals surface area contributed by atoms with Crippen molar-refractivity contribution in [3.05, 3.63) is 29.8 Å². The highest BCUT2D eigenvalue weighted by molar-refractivity contribution is 7.99. The summed E-state index contributed by atoms with van der Waals surface area (Å²) in [6.45, 7) is 3.32. The van der Waals surface area contributed by atoms with Gasteiger partial charge in [0.2, 0.25) is 5.91 Å². The van der Waals surface area contributed by atoms with E-state index in [1.165, 1.54) is 23.5 Å². The van der Waals surface area contributed by atoms with Crippen LogP contribution in [0.15, 0.2) is 24.3 Å². The van der Waals surface area contributed by atoms with Gasteiger partial charge in [-0.15, -0.1) is 0 Å². The fourth-order valence-corrected chi connectivity index (χ4v) is 3.46. The normalized spacial score (nSPS) is 18.3. The van der Waals surface area contributed by atoms with Gasteiger partial charge < -0.3 is 10.2 Å². The maximum atomic E-state index is 11.2. The van der Waals surface area contributed by atoms with E-state index in [2.05, 4.69) is 29.6 Å². The molecule has 0 bridgehead atoms. The van der Waals surface area contributed by atoms with Gasteiger partial charge in [-0.3, -0.25) is 4.79 Å². The molecule has 4 heteroatoms. The van der Waals surface area contributed by atoms with Crippen molar-refractivity contribution in [3.63, 3.8) is 0 Å². The number of rotatable bonds is 5. The first kappa shape index (κ1) is 14.3. The molecule has 1 amide bonds. The molecule has 1 atom stereocenters. The number of benzene rings is 1. The van der Waals surface area contributed by atoms with E-state index >= 15 is 0 Å². The number of amides is 1. The van der Waals surface area contributed by atoms with Crippen molar-refractivity contribution in [2.45, 2.75) is 19.9 Å². The molecule has 0 saturated carbocycles. The summed E-state index contributed by atoms with van der Waals surface area (Å²) < 4.78 is 0. The molecule has 0 spiro atoms. The highest BCUT2D eigenvalue weighted by Crippen LogP contribution is 2.24. The molecule has 1 N–H and O–H groups in total. The van der Waals surface area contributed by atoms with Crippen LogP contribution in [-0.2, 0) is 11.3 Å². The summed E-state index contributed by atoms with van der Waals surface area (Å²) in [5.41, 5.74) is 2.33. The summed E-state index contributed by atoms with van der Waals surface area (Å²) in [5.74, 6) is 3.48. The second-order valence-corrected chi connectivity index (χ2v) is 6.34. The van der Waals surface area contributed by atoms with E-state index in [-0.39, 0.29) is 5.91 Å². The Hall–Kier alpha value is -1.16. The lowest BCUT2D eigenvalue weighted by Gasteiger charge is -2.16. The molecule has 1 heterocycles. The summed E-state index contributed by atoms with van der Waals surface area (Å²) in [6.07, 6.45) is 1.32. The van der Waals surface area contributed by atoms with E-state index in [0.29, 0.717) is 6.54 Å². The molecule has 1 aromatic rings. The van der Waals surface area contributed by atoms with Crippen LogP contribution < -0.4 is 5.32 Å². The summed E-state index contributed by atoms with van der Waals surface area (Å²) >= 11 is 2.05. The van der Waals surface area contributed by atoms with Crippen molar-refractivity contribution >= 4 is 23.4 Å². The molecular formula is C15H22N2OS. The topological polar surface area (TPSA) is 32.3 Å². The van der Waals surface area contributed by atoms with E-state index in [0.717, 1.165) is 18.2 Å². The fraction of sp³-hybridized carbons (Fsp3) is 0.533. The van der Waals surface area contributed by atoms with E-state index in [9.17, 15) is 4.79 Å². The predicted octanol–water partition coefficient (Wildman–Crippen LogP) is 2.83. The molecule has 1 saturated heterocycles. The third kappa shape index (κ3) is 4.46. The van der Waals surface area contributed by atoms with Gasteiger partial charge in [-0.05, 0) is 41.5 Å². The van der Waals surface area contributed by atoms with Gasteiger partial charge in [0, 0.05) is 32.7 Å². The molecule has 0 radical (unpaired) electrons. The lowest BCUT2D eigenvalue weighted by atomic mass is 10.1. The zero-order chi connectivity index (χ0) is 13.7. The maximum absolute atomic E-state index is 11.2. The third-order valence-corrected chi connectivity index (χ3v) is 4.73. The molecule has 1 aliphatic rings. The fourth-order valence-electron chi connectivity index (χ4n) is 2.17. The lowest BCUT2D eigenvalue weighted by Crippen LogP contribution is -2.23. The number of anilines is 1. The minimum atomic E-state index is 0.0985. The van der Waals surface area contributed by atoms with Crippen molar-refractivity contribution in [2.75, 3.05) is 30.4 Å². The first-order valence-corrected chi connectivity index (χ1v) is 7.93. The Kier molecular flexibility index (Phi) is 5.14. The molecule has 104 valence electrons. The average molecular weight is 278 g/mol. The van der Waals surface area contributed by atoms with E-state index in [4.69, 9.17) is 0 Å². The molecule has 0 aliphatic carbocycles. The SMILES string of the molecule is CC(=O)N(C)Cc1cccc(NCC2CCSC2)c1. The highest BCUT2D eigenvalue weighted by atomic mass is 32.2. The molecule has 1 unspecified atom stereocenters. The number of carbonyl (C=O) groups excluding carboxylic acids is 1. The number of nitrogens with one attached hydrogen (secondary N) is 1. The van der Waals surface area contributed by atoms with Gasteiger partial charge in [0.05, 0.1) is 0 Å². The second kappa shape index (κ2) is 6.85. The summed E-state index contributed by atoms with van der Waals surface area (Å²) in [6, 6.07) is 8.35. The monoisotopic (exact) mass is 278 g/mol. The van der Waals surface area contributed by atoms with Gasteiger partial charge in [0.25, 0.3) is 0 Å². The van der Waals surface area contributed by atoms with Crippen LogP contribution in [0.3, 0.4) is 0 Å². The molecule has 0 aromatic heterocycles. The Balaban J connectivity index is 1.88. The van der Waals surface area contributed by atoms with Gasteiger partial charge in [-0.1, -0.05) is 12.1 Å². The van der Waals surface area contributed by atoms with Gasteiger partial charge in [0.15, 0.2) is 0 Å². The lowest BCUT2D eigenvalue weighted by molar-refractivity contribution is -0.128. The Bertz CT molecular complexity index is 430. The zero-order valence-corrected chi connectivity index (χ0v) is 12.5. The Morgan fingerprint density at radius 2 is 2.37 bits per heavy atom. The number of nitrogens with zero attached hydrogens (tertiary/aromatic N) is 1. The van der Waals surface area contributed by atoms with Gasteiger partial charge >= 0.3 is 0 Å². The third-order valence-electron chi connectivity index (χ3n) is 3.50. The van der Waals surface area contributed by atoms with Crippen molar-refractivity contribution < 1.29 is 4.79 Å². The van der Waals surface area contributed by atoms with Crippen LogP contribution in [0.5, 0.6) is 0 Å². The Morgan fingerprint density at radius 3 is 3.05 bits per heavy atom. The quantitative estimate of drug-likeness (QED) is 0.899. The summed E-state index contributed by atoms with van der Waals surface area (Å²) in [5, 5.41) is 3.51. The Morgan fingerprint density at radius 1 is 1.53 bits per heavy atom. The largest absolute Gasteiger partial charge is 0.385 e. The van der Waals surface area contributed by atoms with Crippen LogP contribution in [0.2, 0.25) is 0 Å². The molecule has 3 nitrogen and oxygen atoms in total. The van der Waals surface area contributed by atoms with Crippen LogP contribution in [0.25, 0.3) is 0 Å². The Labute approximate surface area is 119 Å². The standard InChI is InChI=1S/C15H22N2OS/c1-12(18)17(2)10-13-4-3-5-15(8-13)16-9-14-6-7-19-11-14/h3-5,8,14,16H,6-7,9-11H2,1-2H3. The van der Waals surface area contributed by atoms with Crippen LogP contribution in [0, 0.1) is 5.92 Å². The maximum Gasteiger partial charge on any atom is 0.219 e. The van der Waals surface area contributed by atoms with E-state index in [1.54, 1.807) is 11.8 Å². The molecule has 1 aromatic carbocycles. The number of hydrogen-bond donors (Lipinski definition) is 1. The summed E-state index contributed by atoms with van der Waals surface area (Å²) in [7, 11) is 1.83. The summed E-state index contributed by atoms with van der Waals surface area (Å²) in [4.78, 5) is 13.0. The number of carbonyl (C=O) groups is 1. The van der Waals surface area contributed by atoms with Crippen molar-refractivity contribution in [1.82, 2.24) is 4.90 Å². The van der Waals surface area contributed by atoms with Crippen LogP contribution in [0.1, 0.15) is 18.9 Å². The molecule has 1 aliphatic heterocycles. The van der Waals surface area contributed by atoms with Crippen LogP contribution in [-0.4, -0.2) is 35.9 Å².